The van der Waals surface area contributed by atoms with E-state index >= 15 is 0 Å². The van der Waals surface area contributed by atoms with Crippen molar-refractivity contribution < 1.29 is 4.79 Å². The predicted molar refractivity (Wildman–Crippen MR) is 59.8 cm³/mol. The monoisotopic (exact) mass is 255 g/mol. The number of halogens is 1. The zero-order valence-electron chi connectivity index (χ0n) is 8.48. The molecule has 1 heterocycles. The summed E-state index contributed by atoms with van der Waals surface area (Å²) in [4.78, 5) is 11.4. The van der Waals surface area contributed by atoms with Crippen LogP contribution in [0.4, 0.5) is 0 Å². The van der Waals surface area contributed by atoms with Crippen LogP contribution >= 0.6 is 15.9 Å². The van der Waals surface area contributed by atoms with Gasteiger partial charge in [-0.25, -0.2) is 0 Å². The number of allylic oxidation sites excluding steroid dienone is 4. The van der Waals surface area contributed by atoms with E-state index in [9.17, 15) is 4.79 Å². The summed E-state index contributed by atoms with van der Waals surface area (Å²) in [6.07, 6.45) is 4.69. The maximum absolute atomic E-state index is 11.4. The molecule has 1 N–H and O–H groups in total. The molecule has 0 aromatic carbocycles. The Kier molecular flexibility index (Phi) is 2.30. The maximum atomic E-state index is 11.4. The Hall–Kier alpha value is -0.570. The quantitative estimate of drug-likeness (QED) is 0.709. The van der Waals surface area contributed by atoms with Gasteiger partial charge in [-0.05, 0) is 29.0 Å². The zero-order chi connectivity index (χ0) is 10.3. The number of nitrogens with one attached hydrogen (secondary N) is 1. The molecule has 1 aliphatic carbocycles. The standard InChI is InChI=1S/C11H14BrNO/c1-11(2)6-10(14)13-9-4-3-7(12)5-8(9)11/h5H,3-4,6H2,1-2H3,(H,13,14). The van der Waals surface area contributed by atoms with Gasteiger partial charge in [0.2, 0.25) is 5.91 Å². The van der Waals surface area contributed by atoms with Crippen LogP contribution in [0.2, 0.25) is 0 Å². The van der Waals surface area contributed by atoms with Crippen LogP contribution < -0.4 is 5.32 Å². The molecule has 0 radical (unpaired) electrons. The molecule has 0 saturated carbocycles. The van der Waals surface area contributed by atoms with Crippen molar-refractivity contribution in [3.63, 3.8) is 0 Å². The Labute approximate surface area is 92.6 Å². The molecule has 3 heteroatoms. The minimum Gasteiger partial charge on any atom is -0.329 e. The van der Waals surface area contributed by atoms with Crippen molar-refractivity contribution in [3.05, 3.63) is 21.8 Å². The summed E-state index contributed by atoms with van der Waals surface area (Å²) in [5.74, 6) is 0.153. The third-order valence-corrected chi connectivity index (χ3v) is 3.49. The molecule has 1 aliphatic heterocycles. The van der Waals surface area contributed by atoms with Gasteiger partial charge in [-0.15, -0.1) is 0 Å². The Morgan fingerprint density at radius 2 is 2.14 bits per heavy atom. The van der Waals surface area contributed by atoms with Gasteiger partial charge in [0.25, 0.3) is 0 Å². The van der Waals surface area contributed by atoms with Gasteiger partial charge in [-0.3, -0.25) is 4.79 Å². The summed E-state index contributed by atoms with van der Waals surface area (Å²) in [5.41, 5.74) is 2.39. The van der Waals surface area contributed by atoms with E-state index in [2.05, 4.69) is 41.2 Å². The van der Waals surface area contributed by atoms with Gasteiger partial charge in [0.05, 0.1) is 0 Å². The molecule has 0 aromatic rings. The average Bonchev–Trinajstić information content (AvgIpc) is 2.05. The van der Waals surface area contributed by atoms with Crippen LogP contribution in [0.15, 0.2) is 21.8 Å². The van der Waals surface area contributed by atoms with Crippen molar-refractivity contribution in [1.29, 1.82) is 0 Å². The van der Waals surface area contributed by atoms with E-state index in [0.29, 0.717) is 6.42 Å². The van der Waals surface area contributed by atoms with E-state index in [1.54, 1.807) is 0 Å². The highest BCUT2D eigenvalue weighted by atomic mass is 79.9. The summed E-state index contributed by atoms with van der Waals surface area (Å²) < 4.78 is 1.24. The minimum absolute atomic E-state index is 0.0168. The molecule has 14 heavy (non-hydrogen) atoms. The Balaban J connectivity index is 2.45. The molecular weight excluding hydrogens is 242 g/mol. The SMILES string of the molecule is CC1(C)CC(=O)NC2=C1C=C(Br)CC2. The molecular formula is C11H14BrNO. The van der Waals surface area contributed by atoms with E-state index in [1.165, 1.54) is 10.1 Å². The first-order chi connectivity index (χ1) is 6.49. The highest BCUT2D eigenvalue weighted by molar-refractivity contribution is 9.11. The third kappa shape index (κ3) is 1.65. The lowest BCUT2D eigenvalue weighted by Gasteiger charge is -2.35. The first-order valence-corrected chi connectivity index (χ1v) is 5.68. The summed E-state index contributed by atoms with van der Waals surface area (Å²) in [7, 11) is 0. The Morgan fingerprint density at radius 1 is 1.43 bits per heavy atom. The molecule has 2 rings (SSSR count). The maximum Gasteiger partial charge on any atom is 0.225 e. The van der Waals surface area contributed by atoms with E-state index in [-0.39, 0.29) is 11.3 Å². The van der Waals surface area contributed by atoms with Crippen LogP contribution in [-0.4, -0.2) is 5.91 Å². The van der Waals surface area contributed by atoms with Gasteiger partial charge < -0.3 is 5.32 Å². The molecule has 0 unspecified atom stereocenters. The van der Waals surface area contributed by atoms with Crippen molar-refractivity contribution in [2.75, 3.05) is 0 Å². The summed E-state index contributed by atoms with van der Waals surface area (Å²) in [6.45, 7) is 4.26. The van der Waals surface area contributed by atoms with Crippen LogP contribution in [0.1, 0.15) is 33.1 Å². The van der Waals surface area contributed by atoms with Crippen LogP contribution in [0.3, 0.4) is 0 Å². The number of rotatable bonds is 0. The van der Waals surface area contributed by atoms with Crippen LogP contribution in [0, 0.1) is 5.41 Å². The van der Waals surface area contributed by atoms with Crippen molar-refractivity contribution in [3.8, 4) is 0 Å². The highest BCUT2D eigenvalue weighted by Crippen LogP contribution is 2.41. The fourth-order valence-electron chi connectivity index (χ4n) is 2.14. The van der Waals surface area contributed by atoms with Crippen molar-refractivity contribution in [2.45, 2.75) is 33.1 Å². The zero-order valence-corrected chi connectivity index (χ0v) is 10.1. The number of carbonyl (C=O) groups is 1. The number of hydrogen-bond donors (Lipinski definition) is 1. The van der Waals surface area contributed by atoms with Crippen molar-refractivity contribution >= 4 is 21.8 Å². The van der Waals surface area contributed by atoms with E-state index in [4.69, 9.17) is 0 Å². The summed E-state index contributed by atoms with van der Waals surface area (Å²) in [6, 6.07) is 0. The van der Waals surface area contributed by atoms with Gasteiger partial charge in [0, 0.05) is 17.5 Å². The number of amides is 1. The van der Waals surface area contributed by atoms with Gasteiger partial charge in [-0.1, -0.05) is 29.8 Å². The molecule has 0 bridgehead atoms. The minimum atomic E-state index is -0.0168. The first-order valence-electron chi connectivity index (χ1n) is 4.88. The number of carbonyl (C=O) groups excluding carboxylic acids is 1. The molecule has 0 spiro atoms. The summed E-state index contributed by atoms with van der Waals surface area (Å²) >= 11 is 3.53. The predicted octanol–water partition coefficient (Wildman–Crippen LogP) is 2.86. The molecule has 0 aromatic heterocycles. The van der Waals surface area contributed by atoms with Crippen LogP contribution in [-0.2, 0) is 4.79 Å². The molecule has 0 atom stereocenters. The molecule has 2 aliphatic rings. The second-order valence-electron chi connectivity index (χ2n) is 4.59. The lowest BCUT2D eigenvalue weighted by Crippen LogP contribution is -2.37. The van der Waals surface area contributed by atoms with E-state index < -0.39 is 0 Å². The Morgan fingerprint density at radius 3 is 2.86 bits per heavy atom. The smallest absolute Gasteiger partial charge is 0.225 e. The molecule has 1 amide bonds. The third-order valence-electron chi connectivity index (χ3n) is 2.86. The summed E-state index contributed by atoms with van der Waals surface area (Å²) in [5, 5.41) is 2.97. The molecule has 0 fully saturated rings. The van der Waals surface area contributed by atoms with E-state index in [1.807, 2.05) is 0 Å². The molecule has 76 valence electrons. The fraction of sp³-hybridized carbons (Fsp3) is 0.545. The highest BCUT2D eigenvalue weighted by Gasteiger charge is 2.34. The first kappa shape index (κ1) is 9.97. The lowest BCUT2D eigenvalue weighted by atomic mass is 9.75. The van der Waals surface area contributed by atoms with Gasteiger partial charge in [0.1, 0.15) is 0 Å². The van der Waals surface area contributed by atoms with Crippen molar-refractivity contribution in [1.82, 2.24) is 5.32 Å². The second kappa shape index (κ2) is 3.23. The van der Waals surface area contributed by atoms with Gasteiger partial charge in [-0.2, -0.15) is 0 Å². The van der Waals surface area contributed by atoms with Crippen LogP contribution in [0.25, 0.3) is 0 Å². The van der Waals surface area contributed by atoms with Gasteiger partial charge in [0.15, 0.2) is 0 Å². The molecule has 0 saturated heterocycles. The van der Waals surface area contributed by atoms with E-state index in [0.717, 1.165) is 18.5 Å². The lowest BCUT2D eigenvalue weighted by molar-refractivity contribution is -0.122. The van der Waals surface area contributed by atoms with Crippen LogP contribution in [0.5, 0.6) is 0 Å². The largest absolute Gasteiger partial charge is 0.329 e. The van der Waals surface area contributed by atoms with Crippen molar-refractivity contribution in [2.24, 2.45) is 5.41 Å². The second-order valence-corrected chi connectivity index (χ2v) is 5.61. The Bertz CT molecular complexity index is 352. The number of hydrogen-bond acceptors (Lipinski definition) is 1. The average molecular weight is 256 g/mol. The molecule has 2 nitrogen and oxygen atoms in total. The fourth-order valence-corrected chi connectivity index (χ4v) is 2.56. The van der Waals surface area contributed by atoms with Gasteiger partial charge >= 0.3 is 0 Å². The topological polar surface area (TPSA) is 29.1 Å². The normalized spacial score (nSPS) is 25.4.